The Kier molecular flexibility index (Phi) is 4.38. The van der Waals surface area contributed by atoms with Gasteiger partial charge in [-0.25, -0.2) is 0 Å². The number of benzene rings is 1. The average molecular weight is 248 g/mol. The molecule has 3 heteroatoms. The van der Waals surface area contributed by atoms with Crippen molar-refractivity contribution in [3.8, 4) is 0 Å². The number of nitrogens with one attached hydrogen (secondary N) is 1. The topological polar surface area (TPSA) is 24.5 Å². The van der Waals surface area contributed by atoms with E-state index in [2.05, 4.69) is 54.4 Å². The fourth-order valence-electron chi connectivity index (χ4n) is 2.67. The minimum absolute atomic E-state index is 0.0486. The second kappa shape index (κ2) is 5.83. The fourth-order valence-corrected chi connectivity index (χ4v) is 2.67. The van der Waals surface area contributed by atoms with Gasteiger partial charge in [0.2, 0.25) is 0 Å². The van der Waals surface area contributed by atoms with E-state index in [0.29, 0.717) is 6.10 Å². The third kappa shape index (κ3) is 3.10. The molecule has 0 aliphatic carbocycles. The second-order valence-corrected chi connectivity index (χ2v) is 5.41. The summed E-state index contributed by atoms with van der Waals surface area (Å²) in [7, 11) is 1.78. The van der Waals surface area contributed by atoms with Crippen LogP contribution in [0.5, 0.6) is 0 Å². The van der Waals surface area contributed by atoms with Crippen LogP contribution in [0.25, 0.3) is 0 Å². The van der Waals surface area contributed by atoms with Crippen molar-refractivity contribution in [2.75, 3.05) is 33.3 Å². The normalized spacial score (nSPS) is 27.1. The molecular formula is C15H24N2O. The molecule has 0 saturated carbocycles. The van der Waals surface area contributed by atoms with Crippen molar-refractivity contribution in [2.24, 2.45) is 0 Å². The first-order valence-electron chi connectivity index (χ1n) is 6.70. The molecule has 1 N–H and O–H groups in total. The summed E-state index contributed by atoms with van der Waals surface area (Å²) in [6.45, 7) is 8.57. The van der Waals surface area contributed by atoms with Gasteiger partial charge in [-0.3, -0.25) is 4.90 Å². The predicted octanol–water partition coefficient (Wildman–Crippen LogP) is 1.84. The Bertz CT molecular complexity index is 368. The van der Waals surface area contributed by atoms with Gasteiger partial charge in [0.1, 0.15) is 0 Å². The maximum atomic E-state index is 5.36. The summed E-state index contributed by atoms with van der Waals surface area (Å²) >= 11 is 0. The van der Waals surface area contributed by atoms with Crippen molar-refractivity contribution in [1.82, 2.24) is 10.2 Å². The van der Waals surface area contributed by atoms with E-state index in [0.717, 1.165) is 26.2 Å². The Hall–Kier alpha value is -0.900. The molecule has 0 aromatic heterocycles. The zero-order valence-corrected chi connectivity index (χ0v) is 11.6. The summed E-state index contributed by atoms with van der Waals surface area (Å²) in [6, 6.07) is 10.7. The van der Waals surface area contributed by atoms with Crippen LogP contribution in [0.15, 0.2) is 30.3 Å². The summed E-state index contributed by atoms with van der Waals surface area (Å²) in [6.07, 6.45) is 0.295. The third-order valence-electron chi connectivity index (χ3n) is 3.81. The second-order valence-electron chi connectivity index (χ2n) is 5.41. The molecule has 0 amide bonds. The van der Waals surface area contributed by atoms with Gasteiger partial charge in [0, 0.05) is 33.3 Å². The van der Waals surface area contributed by atoms with Gasteiger partial charge in [0.15, 0.2) is 0 Å². The zero-order valence-electron chi connectivity index (χ0n) is 11.6. The van der Waals surface area contributed by atoms with E-state index in [1.54, 1.807) is 7.11 Å². The Labute approximate surface area is 110 Å². The van der Waals surface area contributed by atoms with Crippen molar-refractivity contribution < 1.29 is 4.74 Å². The molecule has 1 fully saturated rings. The molecule has 1 saturated heterocycles. The first-order chi connectivity index (χ1) is 8.64. The summed E-state index contributed by atoms with van der Waals surface area (Å²) in [5.41, 5.74) is 1.41. The third-order valence-corrected chi connectivity index (χ3v) is 3.81. The van der Waals surface area contributed by atoms with Gasteiger partial charge in [-0.1, -0.05) is 30.3 Å². The fraction of sp³-hybridized carbons (Fsp3) is 0.600. The Morgan fingerprint density at radius 1 is 1.39 bits per heavy atom. The van der Waals surface area contributed by atoms with Crippen LogP contribution in [0.4, 0.5) is 0 Å². The SMILES string of the molecule is COC(C)CN1CCNC(C)(c2ccccc2)C1. The van der Waals surface area contributed by atoms with Gasteiger partial charge >= 0.3 is 0 Å². The number of piperazine rings is 1. The van der Waals surface area contributed by atoms with Crippen molar-refractivity contribution in [1.29, 1.82) is 0 Å². The maximum Gasteiger partial charge on any atom is 0.0670 e. The smallest absolute Gasteiger partial charge is 0.0670 e. The largest absolute Gasteiger partial charge is 0.380 e. The molecule has 1 aliphatic heterocycles. The van der Waals surface area contributed by atoms with Gasteiger partial charge in [0.05, 0.1) is 11.6 Å². The molecule has 2 unspecified atom stereocenters. The van der Waals surface area contributed by atoms with E-state index in [-0.39, 0.29) is 5.54 Å². The number of nitrogens with zero attached hydrogens (tertiary/aromatic N) is 1. The number of hydrogen-bond donors (Lipinski definition) is 1. The quantitative estimate of drug-likeness (QED) is 0.880. The van der Waals surface area contributed by atoms with Gasteiger partial charge in [-0.2, -0.15) is 0 Å². The Morgan fingerprint density at radius 2 is 2.11 bits per heavy atom. The number of rotatable bonds is 4. The maximum absolute atomic E-state index is 5.36. The molecule has 1 aliphatic rings. The van der Waals surface area contributed by atoms with Crippen LogP contribution in [-0.2, 0) is 10.3 Å². The minimum Gasteiger partial charge on any atom is -0.380 e. The van der Waals surface area contributed by atoms with E-state index in [1.807, 2.05) is 0 Å². The van der Waals surface area contributed by atoms with E-state index in [1.165, 1.54) is 5.56 Å². The van der Waals surface area contributed by atoms with Crippen molar-refractivity contribution in [3.63, 3.8) is 0 Å². The lowest BCUT2D eigenvalue weighted by Gasteiger charge is -2.42. The van der Waals surface area contributed by atoms with Crippen LogP contribution in [-0.4, -0.2) is 44.3 Å². The van der Waals surface area contributed by atoms with Crippen LogP contribution >= 0.6 is 0 Å². The molecule has 1 aromatic carbocycles. The molecule has 2 atom stereocenters. The lowest BCUT2D eigenvalue weighted by Crippen LogP contribution is -2.57. The Balaban J connectivity index is 2.05. The lowest BCUT2D eigenvalue weighted by molar-refractivity contribution is 0.0517. The standard InChI is InChI=1S/C15H24N2O/c1-13(18-3)11-17-10-9-16-15(2,12-17)14-7-5-4-6-8-14/h4-8,13,16H,9-12H2,1-3H3. The molecule has 0 spiro atoms. The van der Waals surface area contributed by atoms with Crippen LogP contribution < -0.4 is 5.32 Å². The van der Waals surface area contributed by atoms with Gasteiger partial charge in [-0.05, 0) is 19.4 Å². The monoisotopic (exact) mass is 248 g/mol. The molecule has 1 aromatic rings. The molecule has 100 valence electrons. The highest BCUT2D eigenvalue weighted by Gasteiger charge is 2.32. The highest BCUT2D eigenvalue weighted by Crippen LogP contribution is 2.24. The summed E-state index contributed by atoms with van der Waals surface area (Å²) in [5, 5.41) is 3.65. The molecule has 1 heterocycles. The highest BCUT2D eigenvalue weighted by molar-refractivity contribution is 5.24. The Morgan fingerprint density at radius 3 is 2.78 bits per heavy atom. The van der Waals surface area contributed by atoms with Gasteiger partial charge in [0.25, 0.3) is 0 Å². The number of hydrogen-bond acceptors (Lipinski definition) is 3. The molecule has 2 rings (SSSR count). The summed E-state index contributed by atoms with van der Waals surface area (Å²) in [4.78, 5) is 2.48. The van der Waals surface area contributed by atoms with Crippen molar-refractivity contribution in [2.45, 2.75) is 25.5 Å². The van der Waals surface area contributed by atoms with E-state index in [9.17, 15) is 0 Å². The van der Waals surface area contributed by atoms with Gasteiger partial charge in [-0.15, -0.1) is 0 Å². The van der Waals surface area contributed by atoms with Gasteiger partial charge < -0.3 is 10.1 Å². The van der Waals surface area contributed by atoms with Crippen molar-refractivity contribution in [3.05, 3.63) is 35.9 Å². The molecule has 0 bridgehead atoms. The van der Waals surface area contributed by atoms with E-state index in [4.69, 9.17) is 4.74 Å². The molecule has 3 nitrogen and oxygen atoms in total. The number of ether oxygens (including phenoxy) is 1. The molecule has 18 heavy (non-hydrogen) atoms. The first kappa shape index (κ1) is 13.5. The van der Waals surface area contributed by atoms with E-state index >= 15 is 0 Å². The van der Waals surface area contributed by atoms with Crippen LogP contribution in [0.1, 0.15) is 19.4 Å². The summed E-state index contributed by atoms with van der Waals surface area (Å²) in [5.74, 6) is 0. The number of methoxy groups -OCH3 is 1. The van der Waals surface area contributed by atoms with Crippen molar-refractivity contribution >= 4 is 0 Å². The predicted molar refractivity (Wildman–Crippen MR) is 74.7 cm³/mol. The molecular weight excluding hydrogens is 224 g/mol. The summed E-state index contributed by atoms with van der Waals surface area (Å²) < 4.78 is 5.36. The minimum atomic E-state index is 0.0486. The highest BCUT2D eigenvalue weighted by atomic mass is 16.5. The lowest BCUT2D eigenvalue weighted by atomic mass is 9.89. The first-order valence-corrected chi connectivity index (χ1v) is 6.70. The van der Waals surface area contributed by atoms with Crippen LogP contribution in [0.3, 0.4) is 0 Å². The zero-order chi connectivity index (χ0) is 13.0. The van der Waals surface area contributed by atoms with Crippen LogP contribution in [0.2, 0.25) is 0 Å². The molecule has 0 radical (unpaired) electrons. The van der Waals surface area contributed by atoms with E-state index < -0.39 is 0 Å². The van der Waals surface area contributed by atoms with Crippen LogP contribution in [0, 0.1) is 0 Å². The average Bonchev–Trinajstić information content (AvgIpc) is 2.40.